The van der Waals surface area contributed by atoms with Gasteiger partial charge in [0.15, 0.2) is 0 Å². The number of hydrogen-bond acceptors (Lipinski definition) is 3. The Labute approximate surface area is 126 Å². The first-order valence-corrected chi connectivity index (χ1v) is 7.12. The van der Waals surface area contributed by atoms with Crippen LogP contribution < -0.4 is 10.6 Å². The van der Waals surface area contributed by atoms with Gasteiger partial charge in [-0.15, -0.1) is 0 Å². The molecule has 0 radical (unpaired) electrons. The van der Waals surface area contributed by atoms with Crippen molar-refractivity contribution in [3.8, 4) is 0 Å². The molecule has 116 valence electrons. The van der Waals surface area contributed by atoms with E-state index in [1.807, 2.05) is 39.0 Å². The molecule has 1 aromatic rings. The second-order valence-corrected chi connectivity index (χ2v) is 5.45. The van der Waals surface area contributed by atoms with E-state index in [2.05, 4.69) is 10.6 Å². The molecule has 2 N–H and O–H groups in total. The molecule has 0 fully saturated rings. The lowest BCUT2D eigenvalue weighted by molar-refractivity contribution is -0.136. The molecule has 0 aromatic heterocycles. The highest BCUT2D eigenvalue weighted by Crippen LogP contribution is 2.17. The normalized spacial score (nSPS) is 11.9. The summed E-state index contributed by atoms with van der Waals surface area (Å²) in [6, 6.07) is 5.77. The van der Waals surface area contributed by atoms with Crippen LogP contribution in [0, 0.1) is 19.8 Å². The van der Waals surface area contributed by atoms with Crippen LogP contribution >= 0.6 is 0 Å². The smallest absolute Gasteiger partial charge is 0.243 e. The molecule has 0 spiro atoms. The van der Waals surface area contributed by atoms with Crippen LogP contribution in [0.2, 0.25) is 0 Å². The van der Waals surface area contributed by atoms with Gasteiger partial charge in [0.05, 0.1) is 6.54 Å². The first kappa shape index (κ1) is 17.2. The van der Waals surface area contributed by atoms with Crippen LogP contribution in [-0.2, 0) is 9.59 Å². The molecule has 0 aliphatic rings. The largest absolute Gasteiger partial charge is 0.336 e. The van der Waals surface area contributed by atoms with E-state index < -0.39 is 0 Å². The highest BCUT2D eigenvalue weighted by Gasteiger charge is 2.19. The van der Waals surface area contributed by atoms with Gasteiger partial charge in [0.2, 0.25) is 11.8 Å². The summed E-state index contributed by atoms with van der Waals surface area (Å²) in [6.45, 7) is 6.47. The van der Waals surface area contributed by atoms with Crippen molar-refractivity contribution in [2.45, 2.75) is 20.8 Å². The SMILES string of the molecule is CNCC(C)C(=O)N(C)CC(=O)Nc1cccc(C)c1C. The summed E-state index contributed by atoms with van der Waals surface area (Å²) in [7, 11) is 3.45. The number of aryl methyl sites for hydroxylation is 1. The maximum Gasteiger partial charge on any atom is 0.243 e. The Hall–Kier alpha value is -1.88. The molecule has 5 nitrogen and oxygen atoms in total. The topological polar surface area (TPSA) is 61.4 Å². The van der Waals surface area contributed by atoms with Crippen molar-refractivity contribution in [2.75, 3.05) is 32.5 Å². The number of anilines is 1. The van der Waals surface area contributed by atoms with Crippen LogP contribution in [0.3, 0.4) is 0 Å². The van der Waals surface area contributed by atoms with Crippen LogP contribution in [-0.4, -0.2) is 43.9 Å². The zero-order chi connectivity index (χ0) is 16.0. The average Bonchev–Trinajstić information content (AvgIpc) is 2.43. The van der Waals surface area contributed by atoms with E-state index in [-0.39, 0.29) is 24.3 Å². The maximum atomic E-state index is 12.1. The van der Waals surface area contributed by atoms with Crippen LogP contribution in [0.25, 0.3) is 0 Å². The summed E-state index contributed by atoms with van der Waals surface area (Å²) in [5, 5.41) is 5.82. The first-order chi connectivity index (χ1) is 9.86. The van der Waals surface area contributed by atoms with Crippen molar-refractivity contribution in [2.24, 2.45) is 5.92 Å². The molecule has 0 saturated carbocycles. The van der Waals surface area contributed by atoms with Crippen LogP contribution in [0.1, 0.15) is 18.1 Å². The molecule has 5 heteroatoms. The number of likely N-dealkylation sites (N-methyl/N-ethyl adjacent to an activating group) is 1. The molecule has 0 saturated heterocycles. The summed E-state index contributed by atoms with van der Waals surface area (Å²) in [4.78, 5) is 25.6. The fraction of sp³-hybridized carbons (Fsp3) is 0.500. The number of carbonyl (C=O) groups excluding carboxylic acids is 2. The van der Waals surface area contributed by atoms with E-state index in [0.29, 0.717) is 6.54 Å². The standard InChI is InChI=1S/C16H25N3O2/c1-11-7-6-8-14(13(11)3)18-15(20)10-19(5)16(21)12(2)9-17-4/h6-8,12,17H,9-10H2,1-5H3,(H,18,20). The monoisotopic (exact) mass is 291 g/mol. The number of nitrogens with zero attached hydrogens (tertiary/aromatic N) is 1. The van der Waals surface area contributed by atoms with E-state index in [0.717, 1.165) is 16.8 Å². The number of amides is 2. The fourth-order valence-corrected chi connectivity index (χ4v) is 2.14. The zero-order valence-electron chi connectivity index (χ0n) is 13.5. The van der Waals surface area contributed by atoms with Gasteiger partial charge < -0.3 is 15.5 Å². The minimum absolute atomic E-state index is 0.0412. The molecule has 0 heterocycles. The minimum atomic E-state index is -0.184. The molecular weight excluding hydrogens is 266 g/mol. The quantitative estimate of drug-likeness (QED) is 0.836. The van der Waals surface area contributed by atoms with Crippen molar-refractivity contribution in [3.05, 3.63) is 29.3 Å². The molecule has 1 unspecified atom stereocenters. The van der Waals surface area contributed by atoms with Gasteiger partial charge in [-0.3, -0.25) is 9.59 Å². The molecule has 1 atom stereocenters. The van der Waals surface area contributed by atoms with Crippen molar-refractivity contribution in [1.82, 2.24) is 10.2 Å². The Morgan fingerprint density at radius 2 is 1.95 bits per heavy atom. The molecule has 21 heavy (non-hydrogen) atoms. The van der Waals surface area contributed by atoms with Crippen molar-refractivity contribution in [1.29, 1.82) is 0 Å². The fourth-order valence-electron chi connectivity index (χ4n) is 2.14. The van der Waals surface area contributed by atoms with Gasteiger partial charge in [0, 0.05) is 25.2 Å². The van der Waals surface area contributed by atoms with Crippen LogP contribution in [0.15, 0.2) is 18.2 Å². The lowest BCUT2D eigenvalue weighted by Crippen LogP contribution is -2.40. The van der Waals surface area contributed by atoms with Gasteiger partial charge in [-0.25, -0.2) is 0 Å². The summed E-state index contributed by atoms with van der Waals surface area (Å²) < 4.78 is 0. The Kier molecular flexibility index (Phi) is 6.37. The Morgan fingerprint density at radius 3 is 2.57 bits per heavy atom. The molecule has 1 rings (SSSR count). The van der Waals surface area contributed by atoms with E-state index in [1.54, 1.807) is 14.1 Å². The minimum Gasteiger partial charge on any atom is -0.336 e. The predicted octanol–water partition coefficient (Wildman–Crippen LogP) is 1.56. The Balaban J connectivity index is 2.61. The second-order valence-electron chi connectivity index (χ2n) is 5.45. The van der Waals surface area contributed by atoms with Crippen molar-refractivity contribution in [3.63, 3.8) is 0 Å². The second kappa shape index (κ2) is 7.78. The molecular formula is C16H25N3O2. The lowest BCUT2D eigenvalue weighted by atomic mass is 10.1. The zero-order valence-corrected chi connectivity index (χ0v) is 13.5. The summed E-state index contributed by atoms with van der Waals surface area (Å²) in [5.41, 5.74) is 2.97. The summed E-state index contributed by atoms with van der Waals surface area (Å²) in [6.07, 6.45) is 0. The average molecular weight is 291 g/mol. The molecule has 0 bridgehead atoms. The van der Waals surface area contributed by atoms with E-state index >= 15 is 0 Å². The summed E-state index contributed by atoms with van der Waals surface area (Å²) in [5.74, 6) is -0.370. The Bertz CT molecular complexity index is 514. The van der Waals surface area contributed by atoms with Crippen LogP contribution in [0.4, 0.5) is 5.69 Å². The number of carbonyl (C=O) groups is 2. The van der Waals surface area contributed by atoms with Crippen LogP contribution in [0.5, 0.6) is 0 Å². The lowest BCUT2D eigenvalue weighted by Gasteiger charge is -2.21. The molecule has 1 aromatic carbocycles. The number of hydrogen-bond donors (Lipinski definition) is 2. The molecule has 0 aliphatic heterocycles. The Morgan fingerprint density at radius 1 is 1.29 bits per heavy atom. The van der Waals surface area contributed by atoms with Gasteiger partial charge >= 0.3 is 0 Å². The highest BCUT2D eigenvalue weighted by molar-refractivity contribution is 5.95. The van der Waals surface area contributed by atoms with Gasteiger partial charge in [-0.05, 0) is 38.1 Å². The van der Waals surface area contributed by atoms with E-state index in [4.69, 9.17) is 0 Å². The highest BCUT2D eigenvalue weighted by atomic mass is 16.2. The van der Waals surface area contributed by atoms with Gasteiger partial charge in [-0.2, -0.15) is 0 Å². The van der Waals surface area contributed by atoms with Gasteiger partial charge in [0.1, 0.15) is 0 Å². The third-order valence-corrected chi connectivity index (χ3v) is 3.57. The van der Waals surface area contributed by atoms with Gasteiger partial charge in [-0.1, -0.05) is 19.1 Å². The third-order valence-electron chi connectivity index (χ3n) is 3.57. The first-order valence-electron chi connectivity index (χ1n) is 7.12. The van der Waals surface area contributed by atoms with E-state index in [9.17, 15) is 9.59 Å². The van der Waals surface area contributed by atoms with Crippen molar-refractivity contribution < 1.29 is 9.59 Å². The molecule has 0 aliphatic carbocycles. The summed E-state index contributed by atoms with van der Waals surface area (Å²) >= 11 is 0. The van der Waals surface area contributed by atoms with E-state index in [1.165, 1.54) is 4.90 Å². The number of rotatable bonds is 6. The predicted molar refractivity (Wildman–Crippen MR) is 85.3 cm³/mol. The number of benzene rings is 1. The van der Waals surface area contributed by atoms with Crippen molar-refractivity contribution >= 4 is 17.5 Å². The third kappa shape index (κ3) is 4.86. The molecule has 2 amide bonds. The van der Waals surface area contributed by atoms with Gasteiger partial charge in [0.25, 0.3) is 0 Å². The maximum absolute atomic E-state index is 12.1. The number of nitrogens with one attached hydrogen (secondary N) is 2.